The molecule has 0 radical (unpaired) electrons. The number of amides is 1. The number of carbonyl (C=O) groups excluding carboxylic acids is 1. The Kier molecular flexibility index (Phi) is 5.74. The quantitative estimate of drug-likeness (QED) is 0.822. The third kappa shape index (κ3) is 4.08. The van der Waals surface area contributed by atoms with Crippen LogP contribution in [0.3, 0.4) is 0 Å². The Hall–Kier alpha value is -1.49. The van der Waals surface area contributed by atoms with Gasteiger partial charge in [0.25, 0.3) is 5.91 Å². The van der Waals surface area contributed by atoms with Crippen LogP contribution in [-0.4, -0.2) is 17.5 Å². The Bertz CT molecular complexity index is 737. The zero-order valence-corrected chi connectivity index (χ0v) is 15.1. The molecule has 0 aliphatic heterocycles. The number of hydrogen-bond donors (Lipinski definition) is 1. The lowest BCUT2D eigenvalue weighted by Gasteiger charge is -2.14. The van der Waals surface area contributed by atoms with Crippen LogP contribution in [-0.2, 0) is 4.79 Å². The summed E-state index contributed by atoms with van der Waals surface area (Å²) < 4.78 is 5.48. The maximum absolute atomic E-state index is 12.1. The van der Waals surface area contributed by atoms with Crippen LogP contribution in [0.25, 0.3) is 0 Å². The van der Waals surface area contributed by atoms with Gasteiger partial charge >= 0.3 is 0 Å². The number of aryl methyl sites for hydroxylation is 2. The lowest BCUT2D eigenvalue weighted by atomic mass is 10.2. The van der Waals surface area contributed by atoms with Gasteiger partial charge in [0, 0.05) is 10.7 Å². The van der Waals surface area contributed by atoms with Gasteiger partial charge in [0.05, 0.1) is 11.4 Å². The topological polar surface area (TPSA) is 51.2 Å². The van der Waals surface area contributed by atoms with Gasteiger partial charge in [-0.3, -0.25) is 9.78 Å². The van der Waals surface area contributed by atoms with E-state index >= 15 is 0 Å². The molecule has 1 heterocycles. The molecule has 0 aliphatic carbocycles. The number of hydrogen-bond acceptors (Lipinski definition) is 3. The van der Waals surface area contributed by atoms with Gasteiger partial charge < -0.3 is 10.1 Å². The summed E-state index contributed by atoms with van der Waals surface area (Å²) in [6.07, 6.45) is 0. The third-order valence-electron chi connectivity index (χ3n) is 3.26. The van der Waals surface area contributed by atoms with Crippen molar-refractivity contribution in [3.05, 3.63) is 50.2 Å². The van der Waals surface area contributed by atoms with Crippen molar-refractivity contribution in [2.75, 3.05) is 11.9 Å². The fraction of sp³-hybridized carbons (Fsp3) is 0.250. The molecule has 0 unspecified atom stereocenters. The lowest BCUT2D eigenvalue weighted by Crippen LogP contribution is -2.21. The first-order valence-corrected chi connectivity index (χ1v) is 7.94. The van der Waals surface area contributed by atoms with Crippen LogP contribution in [0, 0.1) is 20.8 Å². The van der Waals surface area contributed by atoms with Crippen molar-refractivity contribution < 1.29 is 9.53 Å². The monoisotopic (exact) mass is 372 g/mol. The normalized spacial score (nSPS) is 10.5. The van der Waals surface area contributed by atoms with Crippen LogP contribution in [0.15, 0.2) is 18.2 Å². The third-order valence-corrected chi connectivity index (χ3v) is 4.56. The van der Waals surface area contributed by atoms with E-state index in [9.17, 15) is 4.79 Å². The molecule has 23 heavy (non-hydrogen) atoms. The molecule has 0 fully saturated rings. The van der Waals surface area contributed by atoms with Crippen LogP contribution in [0.2, 0.25) is 15.1 Å². The van der Waals surface area contributed by atoms with Gasteiger partial charge in [0.1, 0.15) is 10.0 Å². The molecule has 0 saturated heterocycles. The summed E-state index contributed by atoms with van der Waals surface area (Å²) >= 11 is 18.3. The second-order valence-corrected chi connectivity index (χ2v) is 6.15. The van der Waals surface area contributed by atoms with E-state index in [0.29, 0.717) is 32.1 Å². The van der Waals surface area contributed by atoms with Gasteiger partial charge in [-0.25, -0.2) is 0 Å². The molecule has 4 nitrogen and oxygen atoms in total. The molecule has 0 bridgehead atoms. The zero-order valence-electron chi connectivity index (χ0n) is 12.8. The predicted octanol–water partition coefficient (Wildman–Crippen LogP) is 4.98. The second kappa shape index (κ2) is 7.39. The Balaban J connectivity index is 2.10. The van der Waals surface area contributed by atoms with Crippen molar-refractivity contribution in [1.82, 2.24) is 4.98 Å². The molecule has 7 heteroatoms. The van der Waals surface area contributed by atoms with Crippen molar-refractivity contribution in [3.8, 4) is 5.75 Å². The molecular weight excluding hydrogens is 359 g/mol. The Labute approximate surface area is 149 Å². The number of nitrogens with zero attached hydrogens (tertiary/aromatic N) is 1. The second-order valence-electron chi connectivity index (χ2n) is 4.99. The SMILES string of the molecule is Cc1nc(C)c(Cl)c(OCC(=O)Nc2cccc(Cl)c2C)c1Cl. The minimum Gasteiger partial charge on any atom is -0.480 e. The molecular formula is C16H15Cl3N2O2. The molecule has 1 aromatic carbocycles. The van der Waals surface area contributed by atoms with E-state index in [4.69, 9.17) is 39.5 Å². The van der Waals surface area contributed by atoms with Gasteiger partial charge in [-0.1, -0.05) is 40.9 Å². The molecule has 0 saturated carbocycles. The first-order chi connectivity index (χ1) is 10.8. The van der Waals surface area contributed by atoms with Gasteiger partial charge in [-0.2, -0.15) is 0 Å². The highest BCUT2D eigenvalue weighted by Crippen LogP contribution is 2.36. The van der Waals surface area contributed by atoms with E-state index in [-0.39, 0.29) is 18.3 Å². The number of ether oxygens (including phenoxy) is 1. The minimum atomic E-state index is -0.338. The summed E-state index contributed by atoms with van der Waals surface area (Å²) in [5.41, 5.74) is 2.60. The number of benzene rings is 1. The number of anilines is 1. The molecule has 2 aromatic rings. The van der Waals surface area contributed by atoms with E-state index in [1.54, 1.807) is 32.0 Å². The van der Waals surface area contributed by atoms with Crippen molar-refractivity contribution in [2.24, 2.45) is 0 Å². The number of nitrogens with one attached hydrogen (secondary N) is 1. The van der Waals surface area contributed by atoms with E-state index in [1.165, 1.54) is 0 Å². The van der Waals surface area contributed by atoms with Crippen LogP contribution in [0.1, 0.15) is 17.0 Å². The maximum Gasteiger partial charge on any atom is 0.262 e. The molecule has 1 aromatic heterocycles. The van der Waals surface area contributed by atoms with Crippen molar-refractivity contribution in [2.45, 2.75) is 20.8 Å². The average Bonchev–Trinajstić information content (AvgIpc) is 2.50. The summed E-state index contributed by atoms with van der Waals surface area (Å²) in [4.78, 5) is 16.3. The van der Waals surface area contributed by atoms with Crippen LogP contribution < -0.4 is 10.1 Å². The Morgan fingerprint density at radius 1 is 1.13 bits per heavy atom. The van der Waals surface area contributed by atoms with Gasteiger partial charge in [0.2, 0.25) is 0 Å². The highest BCUT2D eigenvalue weighted by molar-refractivity contribution is 6.37. The highest BCUT2D eigenvalue weighted by Gasteiger charge is 2.16. The number of pyridine rings is 1. The van der Waals surface area contributed by atoms with Crippen molar-refractivity contribution in [1.29, 1.82) is 0 Å². The smallest absolute Gasteiger partial charge is 0.262 e. The van der Waals surface area contributed by atoms with Crippen molar-refractivity contribution >= 4 is 46.4 Å². The average molecular weight is 374 g/mol. The molecule has 1 amide bonds. The van der Waals surface area contributed by atoms with E-state index in [1.807, 2.05) is 6.92 Å². The number of aromatic nitrogens is 1. The van der Waals surface area contributed by atoms with Crippen LogP contribution in [0.5, 0.6) is 5.75 Å². The van der Waals surface area contributed by atoms with E-state index < -0.39 is 0 Å². The summed E-state index contributed by atoms with van der Waals surface area (Å²) in [5, 5.41) is 3.92. The Morgan fingerprint density at radius 2 is 1.74 bits per heavy atom. The fourth-order valence-corrected chi connectivity index (χ4v) is 2.57. The molecule has 1 N–H and O–H groups in total. The molecule has 0 aliphatic rings. The van der Waals surface area contributed by atoms with Crippen molar-refractivity contribution in [3.63, 3.8) is 0 Å². The first-order valence-electron chi connectivity index (χ1n) is 6.81. The lowest BCUT2D eigenvalue weighted by molar-refractivity contribution is -0.118. The van der Waals surface area contributed by atoms with Crippen LogP contribution >= 0.6 is 34.8 Å². The highest BCUT2D eigenvalue weighted by atomic mass is 35.5. The zero-order chi connectivity index (χ0) is 17.1. The van der Waals surface area contributed by atoms with E-state index in [0.717, 1.165) is 5.56 Å². The Morgan fingerprint density at radius 3 is 2.35 bits per heavy atom. The predicted molar refractivity (Wildman–Crippen MR) is 94.0 cm³/mol. The number of halogens is 3. The summed E-state index contributed by atoms with van der Waals surface area (Å²) in [7, 11) is 0. The van der Waals surface area contributed by atoms with Gasteiger partial charge in [-0.15, -0.1) is 0 Å². The van der Waals surface area contributed by atoms with Gasteiger partial charge in [0.15, 0.2) is 12.4 Å². The first kappa shape index (κ1) is 17.9. The largest absolute Gasteiger partial charge is 0.480 e. The number of rotatable bonds is 4. The molecule has 0 atom stereocenters. The molecule has 2 rings (SSSR count). The summed E-state index contributed by atoms with van der Waals surface area (Å²) in [5.74, 6) is -0.0779. The van der Waals surface area contributed by atoms with Gasteiger partial charge in [-0.05, 0) is 38.5 Å². The standard InChI is InChI=1S/C16H15Cl3N2O2/c1-8-11(17)5-4-6-12(8)21-13(22)7-23-16-14(18)9(2)20-10(3)15(16)19/h4-6H,7H2,1-3H3,(H,21,22). The summed E-state index contributed by atoms with van der Waals surface area (Å²) in [6.45, 7) is 5.08. The minimum absolute atomic E-state index is 0.228. The fourth-order valence-electron chi connectivity index (χ4n) is 1.97. The number of carbonyl (C=O) groups is 1. The molecule has 122 valence electrons. The summed E-state index contributed by atoms with van der Waals surface area (Å²) in [6, 6.07) is 5.28. The molecule has 0 spiro atoms. The van der Waals surface area contributed by atoms with E-state index in [2.05, 4.69) is 10.3 Å². The van der Waals surface area contributed by atoms with Crippen LogP contribution in [0.4, 0.5) is 5.69 Å². The maximum atomic E-state index is 12.1.